The fourth-order valence-electron chi connectivity index (χ4n) is 4.76. The fourth-order valence-corrected chi connectivity index (χ4v) is 4.76. The summed E-state index contributed by atoms with van der Waals surface area (Å²) in [6.45, 7) is 7.59. The Morgan fingerprint density at radius 2 is 2.04 bits per heavy atom. The van der Waals surface area contributed by atoms with Gasteiger partial charge >= 0.3 is 0 Å². The summed E-state index contributed by atoms with van der Waals surface area (Å²) in [5.74, 6) is 0.694. The molecule has 0 radical (unpaired) electrons. The molecule has 4 rings (SSSR count). The van der Waals surface area contributed by atoms with Crippen LogP contribution in [-0.4, -0.2) is 69.1 Å². The van der Waals surface area contributed by atoms with Crippen molar-refractivity contribution in [1.29, 1.82) is 0 Å². The van der Waals surface area contributed by atoms with Crippen LogP contribution in [0.4, 0.5) is 0 Å². The molecule has 1 aromatic carbocycles. The normalized spacial score (nSPS) is 32.1. The summed E-state index contributed by atoms with van der Waals surface area (Å²) in [6.07, 6.45) is 4.21. The van der Waals surface area contributed by atoms with Crippen LogP contribution in [0.3, 0.4) is 0 Å². The highest BCUT2D eigenvalue weighted by molar-refractivity contribution is 5.85. The Labute approximate surface area is 169 Å². The van der Waals surface area contributed by atoms with Crippen molar-refractivity contribution < 1.29 is 9.47 Å². The lowest BCUT2D eigenvalue weighted by Gasteiger charge is -2.36. The van der Waals surface area contributed by atoms with Crippen LogP contribution < -0.4 is 10.6 Å². The third kappa shape index (κ3) is 5.89. The number of morpholine rings is 2. The molecule has 1 aromatic rings. The molecule has 27 heavy (non-hydrogen) atoms. The molecule has 6 heteroatoms. The van der Waals surface area contributed by atoms with E-state index in [1.165, 1.54) is 24.8 Å². The highest BCUT2D eigenvalue weighted by Gasteiger charge is 2.35. The van der Waals surface area contributed by atoms with Crippen molar-refractivity contribution >= 4 is 12.4 Å². The standard InChI is InChI=1S/C21H33N3O2.ClH/c1-2-5-17(6-3-1)14-24-10-12-26-18(15-24)13-23-20-8-4-7-19(20)21-16-25-11-9-22-21;/h1-3,5-6,18-23H,4,7-16H2;1H. The van der Waals surface area contributed by atoms with E-state index in [9.17, 15) is 0 Å². The quantitative estimate of drug-likeness (QED) is 0.772. The topological polar surface area (TPSA) is 45.8 Å². The Balaban J connectivity index is 0.00000210. The van der Waals surface area contributed by atoms with Crippen LogP contribution in [-0.2, 0) is 16.0 Å². The molecule has 3 aliphatic rings. The number of benzene rings is 1. The molecular weight excluding hydrogens is 362 g/mol. The zero-order valence-electron chi connectivity index (χ0n) is 16.1. The molecule has 5 nitrogen and oxygen atoms in total. The van der Waals surface area contributed by atoms with E-state index in [-0.39, 0.29) is 12.4 Å². The lowest BCUT2D eigenvalue weighted by atomic mass is 9.94. The van der Waals surface area contributed by atoms with Crippen molar-refractivity contribution in [2.75, 3.05) is 46.0 Å². The lowest BCUT2D eigenvalue weighted by molar-refractivity contribution is -0.0321. The zero-order valence-corrected chi connectivity index (χ0v) is 17.0. The van der Waals surface area contributed by atoms with Gasteiger partial charge in [0.2, 0.25) is 0 Å². The molecule has 2 N–H and O–H groups in total. The Kier molecular flexibility index (Phi) is 8.37. The first-order valence-electron chi connectivity index (χ1n) is 10.3. The smallest absolute Gasteiger partial charge is 0.0826 e. The maximum Gasteiger partial charge on any atom is 0.0826 e. The van der Waals surface area contributed by atoms with Crippen molar-refractivity contribution in [2.45, 2.75) is 44.0 Å². The third-order valence-corrected chi connectivity index (χ3v) is 6.12. The summed E-state index contributed by atoms with van der Waals surface area (Å²) < 4.78 is 11.7. The monoisotopic (exact) mass is 395 g/mol. The van der Waals surface area contributed by atoms with Crippen molar-refractivity contribution in [1.82, 2.24) is 15.5 Å². The molecular formula is C21H34ClN3O2. The molecule has 0 aromatic heterocycles. The van der Waals surface area contributed by atoms with Crippen molar-refractivity contribution in [3.63, 3.8) is 0 Å². The van der Waals surface area contributed by atoms with E-state index in [1.54, 1.807) is 0 Å². The maximum atomic E-state index is 6.04. The number of hydrogen-bond donors (Lipinski definition) is 2. The molecule has 4 atom stereocenters. The summed E-state index contributed by atoms with van der Waals surface area (Å²) >= 11 is 0. The SMILES string of the molecule is Cl.c1ccc(CN2CCOC(CNC3CCCC3C3COCCN3)C2)cc1. The van der Waals surface area contributed by atoms with Crippen molar-refractivity contribution in [3.05, 3.63) is 35.9 Å². The summed E-state index contributed by atoms with van der Waals surface area (Å²) in [7, 11) is 0. The van der Waals surface area contributed by atoms with E-state index >= 15 is 0 Å². The minimum atomic E-state index is 0. The predicted octanol–water partition coefficient (Wildman–Crippen LogP) is 2.06. The second-order valence-electron chi connectivity index (χ2n) is 7.96. The van der Waals surface area contributed by atoms with Gasteiger partial charge in [0.25, 0.3) is 0 Å². The van der Waals surface area contributed by atoms with Crippen molar-refractivity contribution in [3.8, 4) is 0 Å². The zero-order chi connectivity index (χ0) is 17.6. The minimum absolute atomic E-state index is 0. The fraction of sp³-hybridized carbons (Fsp3) is 0.714. The van der Waals surface area contributed by atoms with Gasteiger partial charge in [0.15, 0.2) is 0 Å². The molecule has 0 spiro atoms. The Morgan fingerprint density at radius 3 is 2.85 bits per heavy atom. The van der Waals surface area contributed by atoms with Gasteiger partial charge in [-0.1, -0.05) is 36.8 Å². The number of nitrogens with zero attached hydrogens (tertiary/aromatic N) is 1. The molecule has 2 aliphatic heterocycles. The van der Waals surface area contributed by atoms with Gasteiger partial charge in [-0.25, -0.2) is 0 Å². The van der Waals surface area contributed by atoms with Gasteiger partial charge in [-0.2, -0.15) is 0 Å². The molecule has 1 aliphatic carbocycles. The van der Waals surface area contributed by atoms with E-state index in [2.05, 4.69) is 45.9 Å². The molecule has 2 heterocycles. The average molecular weight is 396 g/mol. The number of ether oxygens (including phenoxy) is 2. The molecule has 0 amide bonds. The maximum absolute atomic E-state index is 6.04. The number of halogens is 1. The summed E-state index contributed by atoms with van der Waals surface area (Å²) in [4.78, 5) is 2.52. The highest BCUT2D eigenvalue weighted by Crippen LogP contribution is 2.29. The Bertz CT molecular complexity index is 541. The van der Waals surface area contributed by atoms with Gasteiger partial charge in [0, 0.05) is 44.8 Å². The number of rotatable bonds is 6. The molecule has 152 valence electrons. The van der Waals surface area contributed by atoms with Crippen LogP contribution in [0.25, 0.3) is 0 Å². The van der Waals surface area contributed by atoms with Crippen LogP contribution in [0.15, 0.2) is 30.3 Å². The van der Waals surface area contributed by atoms with E-state index in [1.807, 2.05) is 0 Å². The highest BCUT2D eigenvalue weighted by atomic mass is 35.5. The summed E-state index contributed by atoms with van der Waals surface area (Å²) in [6, 6.07) is 11.9. The van der Waals surface area contributed by atoms with Gasteiger partial charge in [-0.05, 0) is 24.3 Å². The van der Waals surface area contributed by atoms with Crippen LogP contribution >= 0.6 is 12.4 Å². The van der Waals surface area contributed by atoms with Crippen LogP contribution in [0.2, 0.25) is 0 Å². The largest absolute Gasteiger partial charge is 0.379 e. The first-order valence-corrected chi connectivity index (χ1v) is 10.3. The first-order chi connectivity index (χ1) is 12.9. The number of hydrogen-bond acceptors (Lipinski definition) is 5. The third-order valence-electron chi connectivity index (χ3n) is 6.12. The second kappa shape index (κ2) is 10.7. The van der Waals surface area contributed by atoms with Gasteiger partial charge in [-0.15, -0.1) is 12.4 Å². The van der Waals surface area contributed by atoms with Crippen LogP contribution in [0.1, 0.15) is 24.8 Å². The summed E-state index contributed by atoms with van der Waals surface area (Å²) in [5.41, 5.74) is 1.39. The van der Waals surface area contributed by atoms with E-state index < -0.39 is 0 Å². The van der Waals surface area contributed by atoms with Crippen LogP contribution in [0.5, 0.6) is 0 Å². The van der Waals surface area contributed by atoms with E-state index in [4.69, 9.17) is 9.47 Å². The predicted molar refractivity (Wildman–Crippen MR) is 110 cm³/mol. The lowest BCUT2D eigenvalue weighted by Crippen LogP contribution is -2.53. The van der Waals surface area contributed by atoms with Crippen LogP contribution in [0, 0.1) is 5.92 Å². The van der Waals surface area contributed by atoms with Gasteiger partial charge in [0.05, 0.1) is 25.9 Å². The molecule has 2 saturated heterocycles. The molecule has 3 fully saturated rings. The van der Waals surface area contributed by atoms with Gasteiger partial charge < -0.3 is 20.1 Å². The van der Waals surface area contributed by atoms with Crippen molar-refractivity contribution in [2.24, 2.45) is 5.92 Å². The Morgan fingerprint density at radius 1 is 1.15 bits per heavy atom. The summed E-state index contributed by atoms with van der Waals surface area (Å²) in [5, 5.41) is 7.49. The molecule has 4 unspecified atom stereocenters. The Hall–Kier alpha value is -0.690. The average Bonchev–Trinajstić information content (AvgIpc) is 3.17. The minimum Gasteiger partial charge on any atom is -0.379 e. The number of nitrogens with one attached hydrogen (secondary N) is 2. The van der Waals surface area contributed by atoms with Gasteiger partial charge in [0.1, 0.15) is 0 Å². The molecule has 1 saturated carbocycles. The first kappa shape index (κ1) is 21.0. The second-order valence-corrected chi connectivity index (χ2v) is 7.96. The van der Waals surface area contributed by atoms with E-state index in [0.717, 1.165) is 52.5 Å². The van der Waals surface area contributed by atoms with Gasteiger partial charge in [-0.3, -0.25) is 4.90 Å². The van der Waals surface area contributed by atoms with E-state index in [0.29, 0.717) is 24.1 Å². The molecule has 0 bridgehead atoms.